The summed E-state index contributed by atoms with van der Waals surface area (Å²) in [5.41, 5.74) is 0.306. The molecule has 3 nitrogen and oxygen atoms in total. The lowest BCUT2D eigenvalue weighted by molar-refractivity contribution is 0.0496. The van der Waals surface area contributed by atoms with E-state index in [9.17, 15) is 0 Å². The van der Waals surface area contributed by atoms with E-state index in [0.29, 0.717) is 11.6 Å². The molecule has 3 unspecified atom stereocenters. The minimum absolute atomic E-state index is 0.306. The zero-order valence-electron chi connectivity index (χ0n) is 13.1. The number of hydrogen-bond donors (Lipinski definition) is 1. The molecule has 3 heteroatoms. The van der Waals surface area contributed by atoms with Crippen LogP contribution in [-0.2, 0) is 4.74 Å². The summed E-state index contributed by atoms with van der Waals surface area (Å²) in [6, 6.07) is 0.728. The number of ether oxygens (including phenoxy) is 1. The fourth-order valence-corrected chi connectivity index (χ4v) is 3.42. The van der Waals surface area contributed by atoms with Gasteiger partial charge < -0.3 is 10.1 Å². The van der Waals surface area contributed by atoms with Crippen molar-refractivity contribution in [2.75, 3.05) is 26.2 Å². The lowest BCUT2D eigenvalue weighted by atomic mass is 9.92. The van der Waals surface area contributed by atoms with Crippen molar-refractivity contribution in [1.29, 1.82) is 0 Å². The van der Waals surface area contributed by atoms with Gasteiger partial charge in [0, 0.05) is 37.8 Å². The molecule has 1 N–H and O–H groups in total. The largest absolute Gasteiger partial charge is 0.378 e. The molecule has 0 radical (unpaired) electrons. The standard InChI is InChI=1S/C16H32N2O/c1-4-7-14-12-17-16(3,5-2)13-18(14)10-9-15-8-6-11-19-15/h14-15,17H,4-13H2,1-3H3. The van der Waals surface area contributed by atoms with Crippen LogP contribution in [0.25, 0.3) is 0 Å². The van der Waals surface area contributed by atoms with E-state index >= 15 is 0 Å². The Labute approximate surface area is 119 Å². The predicted molar refractivity (Wildman–Crippen MR) is 80.6 cm³/mol. The quantitative estimate of drug-likeness (QED) is 0.801. The Kier molecular flexibility index (Phi) is 5.67. The van der Waals surface area contributed by atoms with Crippen LogP contribution in [-0.4, -0.2) is 48.8 Å². The average molecular weight is 268 g/mol. The molecule has 0 spiro atoms. The molecular weight excluding hydrogens is 236 g/mol. The van der Waals surface area contributed by atoms with Crippen LogP contribution in [0.15, 0.2) is 0 Å². The molecule has 0 amide bonds. The zero-order chi connectivity index (χ0) is 13.7. The molecule has 0 aliphatic carbocycles. The summed E-state index contributed by atoms with van der Waals surface area (Å²) in [6.45, 7) is 11.5. The van der Waals surface area contributed by atoms with Crippen molar-refractivity contribution in [2.45, 2.75) is 77.0 Å². The van der Waals surface area contributed by atoms with Crippen molar-refractivity contribution < 1.29 is 4.74 Å². The summed E-state index contributed by atoms with van der Waals surface area (Å²) >= 11 is 0. The van der Waals surface area contributed by atoms with Gasteiger partial charge in [0.15, 0.2) is 0 Å². The van der Waals surface area contributed by atoms with Gasteiger partial charge in [0.2, 0.25) is 0 Å². The van der Waals surface area contributed by atoms with Gasteiger partial charge in [-0.05, 0) is 39.0 Å². The van der Waals surface area contributed by atoms with Crippen molar-refractivity contribution >= 4 is 0 Å². The summed E-state index contributed by atoms with van der Waals surface area (Å²) in [4.78, 5) is 2.73. The van der Waals surface area contributed by atoms with E-state index in [1.807, 2.05) is 0 Å². The highest BCUT2D eigenvalue weighted by atomic mass is 16.5. The van der Waals surface area contributed by atoms with Gasteiger partial charge in [0.25, 0.3) is 0 Å². The molecule has 0 aromatic rings. The van der Waals surface area contributed by atoms with Crippen molar-refractivity contribution in [3.8, 4) is 0 Å². The monoisotopic (exact) mass is 268 g/mol. The van der Waals surface area contributed by atoms with Gasteiger partial charge in [-0.3, -0.25) is 4.90 Å². The Bertz CT molecular complexity index is 265. The minimum atomic E-state index is 0.306. The molecule has 0 saturated carbocycles. The van der Waals surface area contributed by atoms with E-state index in [-0.39, 0.29) is 0 Å². The van der Waals surface area contributed by atoms with E-state index < -0.39 is 0 Å². The molecule has 19 heavy (non-hydrogen) atoms. The first-order valence-corrected chi connectivity index (χ1v) is 8.27. The van der Waals surface area contributed by atoms with E-state index in [1.54, 1.807) is 0 Å². The normalized spacial score (nSPS) is 36.8. The van der Waals surface area contributed by atoms with Crippen molar-refractivity contribution in [3.05, 3.63) is 0 Å². The van der Waals surface area contributed by atoms with Gasteiger partial charge >= 0.3 is 0 Å². The van der Waals surface area contributed by atoms with Gasteiger partial charge in [-0.15, -0.1) is 0 Å². The first-order chi connectivity index (χ1) is 9.17. The molecule has 112 valence electrons. The van der Waals surface area contributed by atoms with E-state index in [2.05, 4.69) is 31.0 Å². The minimum Gasteiger partial charge on any atom is -0.378 e. The van der Waals surface area contributed by atoms with Crippen LogP contribution in [0.4, 0.5) is 0 Å². The lowest BCUT2D eigenvalue weighted by Gasteiger charge is -2.46. The van der Waals surface area contributed by atoms with Crippen LogP contribution in [0.1, 0.15) is 59.3 Å². The summed E-state index contributed by atoms with van der Waals surface area (Å²) < 4.78 is 5.78. The number of piperazine rings is 1. The molecule has 2 aliphatic heterocycles. The summed E-state index contributed by atoms with van der Waals surface area (Å²) in [5.74, 6) is 0. The lowest BCUT2D eigenvalue weighted by Crippen LogP contribution is -2.62. The molecular formula is C16H32N2O. The average Bonchev–Trinajstić information content (AvgIpc) is 2.93. The summed E-state index contributed by atoms with van der Waals surface area (Å²) in [6.07, 6.45) is 8.10. The SMILES string of the molecule is CCCC1CNC(C)(CC)CN1CCC1CCCO1. The second-order valence-corrected chi connectivity index (χ2v) is 6.63. The van der Waals surface area contributed by atoms with Crippen LogP contribution >= 0.6 is 0 Å². The van der Waals surface area contributed by atoms with Crippen LogP contribution < -0.4 is 5.32 Å². The second kappa shape index (κ2) is 7.05. The molecule has 0 bridgehead atoms. The number of nitrogens with zero attached hydrogens (tertiary/aromatic N) is 1. The highest BCUT2D eigenvalue weighted by Gasteiger charge is 2.34. The Morgan fingerprint density at radius 3 is 2.79 bits per heavy atom. The van der Waals surface area contributed by atoms with E-state index in [4.69, 9.17) is 4.74 Å². The van der Waals surface area contributed by atoms with Gasteiger partial charge in [0.1, 0.15) is 0 Å². The van der Waals surface area contributed by atoms with Crippen molar-refractivity contribution in [1.82, 2.24) is 10.2 Å². The molecule has 2 heterocycles. The molecule has 2 rings (SSSR count). The maximum atomic E-state index is 5.78. The number of hydrogen-bond acceptors (Lipinski definition) is 3. The highest BCUT2D eigenvalue weighted by molar-refractivity contribution is 4.94. The first kappa shape index (κ1) is 15.3. The van der Waals surface area contributed by atoms with Crippen molar-refractivity contribution in [2.24, 2.45) is 0 Å². The number of rotatable bonds is 6. The van der Waals surface area contributed by atoms with Crippen LogP contribution in [0, 0.1) is 0 Å². The summed E-state index contributed by atoms with van der Waals surface area (Å²) in [7, 11) is 0. The van der Waals surface area contributed by atoms with Gasteiger partial charge in [-0.1, -0.05) is 20.3 Å². The van der Waals surface area contributed by atoms with Crippen LogP contribution in [0.5, 0.6) is 0 Å². The molecule has 2 aliphatic rings. The second-order valence-electron chi connectivity index (χ2n) is 6.63. The third-order valence-electron chi connectivity index (χ3n) is 5.00. The smallest absolute Gasteiger partial charge is 0.0588 e. The maximum Gasteiger partial charge on any atom is 0.0588 e. The van der Waals surface area contributed by atoms with Crippen LogP contribution in [0.2, 0.25) is 0 Å². The molecule has 0 aromatic heterocycles. The fraction of sp³-hybridized carbons (Fsp3) is 1.00. The van der Waals surface area contributed by atoms with E-state index in [1.165, 1.54) is 51.6 Å². The molecule has 3 atom stereocenters. The van der Waals surface area contributed by atoms with Crippen LogP contribution in [0.3, 0.4) is 0 Å². The zero-order valence-corrected chi connectivity index (χ0v) is 13.1. The Hall–Kier alpha value is -0.120. The Morgan fingerprint density at radius 2 is 2.16 bits per heavy atom. The maximum absolute atomic E-state index is 5.78. The predicted octanol–water partition coefficient (Wildman–Crippen LogP) is 2.80. The first-order valence-electron chi connectivity index (χ1n) is 8.27. The van der Waals surface area contributed by atoms with Gasteiger partial charge in [-0.2, -0.15) is 0 Å². The summed E-state index contributed by atoms with van der Waals surface area (Å²) in [5, 5.41) is 3.77. The fourth-order valence-electron chi connectivity index (χ4n) is 3.42. The van der Waals surface area contributed by atoms with E-state index in [0.717, 1.165) is 19.2 Å². The highest BCUT2D eigenvalue weighted by Crippen LogP contribution is 2.23. The molecule has 2 saturated heterocycles. The molecule has 0 aromatic carbocycles. The van der Waals surface area contributed by atoms with Gasteiger partial charge in [-0.25, -0.2) is 0 Å². The number of nitrogens with one attached hydrogen (secondary N) is 1. The third kappa shape index (κ3) is 4.17. The molecule has 2 fully saturated rings. The Balaban J connectivity index is 1.87. The third-order valence-corrected chi connectivity index (χ3v) is 5.00. The van der Waals surface area contributed by atoms with Gasteiger partial charge in [0.05, 0.1) is 6.10 Å². The topological polar surface area (TPSA) is 24.5 Å². The Morgan fingerprint density at radius 1 is 1.32 bits per heavy atom. The van der Waals surface area contributed by atoms with Crippen molar-refractivity contribution in [3.63, 3.8) is 0 Å².